The molecule has 0 radical (unpaired) electrons. The molecule has 4 heterocycles. The van der Waals surface area contributed by atoms with Gasteiger partial charge in [0.05, 0.1) is 17.2 Å². The minimum atomic E-state index is -0.157. The van der Waals surface area contributed by atoms with Crippen molar-refractivity contribution in [2.24, 2.45) is 5.92 Å². The van der Waals surface area contributed by atoms with E-state index in [0.717, 1.165) is 74.6 Å². The number of anilines is 2. The van der Waals surface area contributed by atoms with Gasteiger partial charge in [0, 0.05) is 57.0 Å². The Morgan fingerprint density at radius 2 is 1.85 bits per heavy atom. The highest BCUT2D eigenvalue weighted by atomic mass is 16.2. The van der Waals surface area contributed by atoms with Crippen LogP contribution in [0.3, 0.4) is 0 Å². The number of aromatic nitrogens is 2. The number of benzene rings is 1. The number of hydrogen-bond acceptors (Lipinski definition) is 6. The number of carbonyl (C=O) groups excluding carboxylic acids is 1. The van der Waals surface area contributed by atoms with Crippen molar-refractivity contribution in [2.75, 3.05) is 56.0 Å². The van der Waals surface area contributed by atoms with E-state index in [1.54, 1.807) is 6.20 Å². The third-order valence-corrected chi connectivity index (χ3v) is 7.24. The predicted molar refractivity (Wildman–Crippen MR) is 137 cm³/mol. The van der Waals surface area contributed by atoms with Crippen LogP contribution in [-0.2, 0) is 4.79 Å². The molecule has 5 rings (SSSR count). The second-order valence-corrected chi connectivity index (χ2v) is 9.52. The van der Waals surface area contributed by atoms with Gasteiger partial charge >= 0.3 is 0 Å². The first-order valence-electron chi connectivity index (χ1n) is 12.4. The van der Waals surface area contributed by atoms with Gasteiger partial charge in [-0.15, -0.1) is 0 Å². The molecule has 3 aromatic rings. The highest BCUT2D eigenvalue weighted by molar-refractivity contribution is 6.02. The van der Waals surface area contributed by atoms with Crippen LogP contribution in [0.15, 0.2) is 60.9 Å². The van der Waals surface area contributed by atoms with Gasteiger partial charge in [-0.2, -0.15) is 0 Å². The van der Waals surface area contributed by atoms with E-state index in [4.69, 9.17) is 0 Å². The molecule has 7 heteroatoms. The summed E-state index contributed by atoms with van der Waals surface area (Å²) in [6, 6.07) is 15.7. The highest BCUT2D eigenvalue weighted by Gasteiger charge is 2.29. The number of hydrogen-bond donors (Lipinski definition) is 1. The Hall–Kier alpha value is -3.03. The Bertz CT molecular complexity index is 1090. The van der Waals surface area contributed by atoms with Gasteiger partial charge < -0.3 is 10.2 Å². The molecular weight excluding hydrogens is 424 g/mol. The van der Waals surface area contributed by atoms with E-state index in [2.05, 4.69) is 42.1 Å². The fraction of sp³-hybridized carbons (Fsp3) is 0.444. The quantitative estimate of drug-likeness (QED) is 0.610. The van der Waals surface area contributed by atoms with E-state index >= 15 is 0 Å². The van der Waals surface area contributed by atoms with Gasteiger partial charge in [-0.1, -0.05) is 12.1 Å². The molecule has 2 aliphatic heterocycles. The van der Waals surface area contributed by atoms with Gasteiger partial charge in [0.1, 0.15) is 5.82 Å². The Morgan fingerprint density at radius 1 is 1.00 bits per heavy atom. The highest BCUT2D eigenvalue weighted by Crippen LogP contribution is 2.24. The molecule has 1 aromatic carbocycles. The maximum atomic E-state index is 13.1. The summed E-state index contributed by atoms with van der Waals surface area (Å²) in [5.74, 6) is 1.74. The van der Waals surface area contributed by atoms with E-state index in [1.807, 2.05) is 49.5 Å². The lowest BCUT2D eigenvalue weighted by atomic mass is 9.95. The van der Waals surface area contributed by atoms with Crippen LogP contribution in [-0.4, -0.2) is 77.5 Å². The van der Waals surface area contributed by atoms with Crippen LogP contribution in [0, 0.1) is 5.92 Å². The monoisotopic (exact) mass is 458 g/mol. The number of fused-ring (bicyclic) bond motifs is 1. The summed E-state index contributed by atoms with van der Waals surface area (Å²) < 4.78 is 0. The SMILES string of the molecule is C[C@H](C(=O)Nc1cccc2ncccc12)N1CCC[C@H](CN2CCN(c3ccccn3)CC2)C1. The molecule has 0 bridgehead atoms. The number of pyridine rings is 2. The number of piperidine rings is 1. The number of nitrogens with one attached hydrogen (secondary N) is 1. The summed E-state index contributed by atoms with van der Waals surface area (Å²) in [5.41, 5.74) is 1.73. The molecule has 2 saturated heterocycles. The van der Waals surface area contributed by atoms with Crippen molar-refractivity contribution in [2.45, 2.75) is 25.8 Å². The average Bonchev–Trinajstić information content (AvgIpc) is 2.89. The van der Waals surface area contributed by atoms with Crippen LogP contribution in [0.4, 0.5) is 11.5 Å². The van der Waals surface area contributed by atoms with Crippen LogP contribution in [0.1, 0.15) is 19.8 Å². The lowest BCUT2D eigenvalue weighted by Gasteiger charge is -2.40. The van der Waals surface area contributed by atoms with Gasteiger partial charge in [-0.25, -0.2) is 4.98 Å². The van der Waals surface area contributed by atoms with Crippen LogP contribution in [0.25, 0.3) is 10.9 Å². The zero-order chi connectivity index (χ0) is 23.3. The average molecular weight is 459 g/mol. The van der Waals surface area contributed by atoms with E-state index in [1.165, 1.54) is 6.42 Å². The largest absolute Gasteiger partial charge is 0.354 e. The second-order valence-electron chi connectivity index (χ2n) is 9.52. The molecule has 1 amide bonds. The van der Waals surface area contributed by atoms with Gasteiger partial charge in [-0.3, -0.25) is 19.6 Å². The van der Waals surface area contributed by atoms with Crippen molar-refractivity contribution < 1.29 is 4.79 Å². The number of amides is 1. The third-order valence-electron chi connectivity index (χ3n) is 7.24. The lowest BCUT2D eigenvalue weighted by molar-refractivity contribution is -0.121. The minimum Gasteiger partial charge on any atom is -0.354 e. The Morgan fingerprint density at radius 3 is 2.68 bits per heavy atom. The van der Waals surface area contributed by atoms with Crippen molar-refractivity contribution in [3.05, 3.63) is 60.9 Å². The van der Waals surface area contributed by atoms with E-state index in [-0.39, 0.29) is 11.9 Å². The Kier molecular flexibility index (Phi) is 7.02. The molecule has 2 aromatic heterocycles. The molecule has 34 heavy (non-hydrogen) atoms. The van der Waals surface area contributed by atoms with Crippen molar-refractivity contribution in [3.63, 3.8) is 0 Å². The molecule has 0 spiro atoms. The Labute approximate surface area is 201 Å². The summed E-state index contributed by atoms with van der Waals surface area (Å²) in [5, 5.41) is 4.13. The molecule has 1 N–H and O–H groups in total. The van der Waals surface area contributed by atoms with Gasteiger partial charge in [0.15, 0.2) is 0 Å². The summed E-state index contributed by atoms with van der Waals surface area (Å²) >= 11 is 0. The summed E-state index contributed by atoms with van der Waals surface area (Å²) in [6.45, 7) is 9.28. The van der Waals surface area contributed by atoms with E-state index in [9.17, 15) is 4.79 Å². The fourth-order valence-corrected chi connectivity index (χ4v) is 5.28. The van der Waals surface area contributed by atoms with Crippen molar-refractivity contribution in [1.82, 2.24) is 19.8 Å². The van der Waals surface area contributed by atoms with Crippen LogP contribution >= 0.6 is 0 Å². The first-order chi connectivity index (χ1) is 16.7. The van der Waals surface area contributed by atoms with Crippen LogP contribution in [0.2, 0.25) is 0 Å². The number of piperazine rings is 1. The third kappa shape index (κ3) is 5.21. The molecule has 178 valence electrons. The Balaban J connectivity index is 1.14. The van der Waals surface area contributed by atoms with Crippen LogP contribution < -0.4 is 10.2 Å². The normalized spacial score (nSPS) is 20.9. The van der Waals surface area contributed by atoms with Gasteiger partial charge in [-0.05, 0) is 68.6 Å². The summed E-state index contributed by atoms with van der Waals surface area (Å²) in [7, 11) is 0. The maximum absolute atomic E-state index is 13.1. The smallest absolute Gasteiger partial charge is 0.241 e. The van der Waals surface area contributed by atoms with E-state index in [0.29, 0.717) is 5.92 Å². The molecular formula is C27H34N6O. The van der Waals surface area contributed by atoms with Gasteiger partial charge in [0.25, 0.3) is 0 Å². The first kappa shape index (κ1) is 22.7. The molecule has 0 saturated carbocycles. The number of rotatable bonds is 6. The summed E-state index contributed by atoms with van der Waals surface area (Å²) in [4.78, 5) is 29.3. The van der Waals surface area contributed by atoms with Crippen molar-refractivity contribution in [3.8, 4) is 0 Å². The lowest BCUT2D eigenvalue weighted by Crippen LogP contribution is -2.52. The van der Waals surface area contributed by atoms with E-state index < -0.39 is 0 Å². The molecule has 2 aliphatic rings. The molecule has 2 atom stereocenters. The topological polar surface area (TPSA) is 64.6 Å². The van der Waals surface area contributed by atoms with Crippen LogP contribution in [0.5, 0.6) is 0 Å². The molecule has 2 fully saturated rings. The number of carbonyl (C=O) groups is 1. The molecule has 0 aliphatic carbocycles. The van der Waals surface area contributed by atoms with Crippen molar-refractivity contribution >= 4 is 28.3 Å². The fourth-order valence-electron chi connectivity index (χ4n) is 5.28. The summed E-state index contributed by atoms with van der Waals surface area (Å²) in [6.07, 6.45) is 6.03. The second kappa shape index (κ2) is 10.5. The zero-order valence-electron chi connectivity index (χ0n) is 19.9. The zero-order valence-corrected chi connectivity index (χ0v) is 19.9. The minimum absolute atomic E-state index is 0.0565. The maximum Gasteiger partial charge on any atom is 0.241 e. The standard InChI is InChI=1S/C27H34N6O/c1-21(27(34)30-25-10-4-9-24-23(25)8-5-13-28-24)33-14-6-7-22(20-33)19-31-15-17-32(18-16-31)26-11-2-3-12-29-26/h2-5,8-13,21-22H,6-7,14-20H2,1H3,(H,30,34)/t21-,22-/m1/s1. The number of nitrogens with zero attached hydrogens (tertiary/aromatic N) is 5. The first-order valence-corrected chi connectivity index (χ1v) is 12.4. The molecule has 0 unspecified atom stereocenters. The predicted octanol–water partition coefficient (Wildman–Crippen LogP) is 3.49. The van der Waals surface area contributed by atoms with Gasteiger partial charge in [0.2, 0.25) is 5.91 Å². The van der Waals surface area contributed by atoms with Crippen molar-refractivity contribution in [1.29, 1.82) is 0 Å². The molecule has 7 nitrogen and oxygen atoms in total. The number of likely N-dealkylation sites (tertiary alicyclic amines) is 1.